The lowest BCUT2D eigenvalue weighted by Crippen LogP contribution is -2.03. The highest BCUT2D eigenvalue weighted by atomic mass is 16.4. The number of carbonyl (C=O) groups is 1. The normalized spacial score (nSPS) is 8.93. The number of hydrogen-bond acceptors (Lipinski definition) is 3. The Morgan fingerprint density at radius 1 is 1.50 bits per heavy atom. The number of carboxylic acid groups (broad SMARTS) is 1. The number of carboxylic acids is 1. The lowest BCUT2D eigenvalue weighted by atomic mass is 10.1. The van der Waals surface area contributed by atoms with Crippen LogP contribution < -0.4 is 11.5 Å². The van der Waals surface area contributed by atoms with Crippen LogP contribution in [0.3, 0.4) is 0 Å². The Morgan fingerprint density at radius 2 is 2.21 bits per heavy atom. The largest absolute Gasteiger partial charge is 0.478 e. The van der Waals surface area contributed by atoms with Crippen LogP contribution >= 0.6 is 0 Å². The summed E-state index contributed by atoms with van der Waals surface area (Å²) in [6.45, 7) is 0.174. The molecule has 1 rings (SSSR count). The van der Waals surface area contributed by atoms with Gasteiger partial charge in [0.25, 0.3) is 0 Å². The Labute approximate surface area is 81.5 Å². The highest BCUT2D eigenvalue weighted by molar-refractivity contribution is 5.92. The van der Waals surface area contributed by atoms with Crippen molar-refractivity contribution < 1.29 is 9.90 Å². The Morgan fingerprint density at radius 3 is 2.79 bits per heavy atom. The fourth-order valence-electron chi connectivity index (χ4n) is 1.03. The third-order valence-corrected chi connectivity index (χ3v) is 1.64. The van der Waals surface area contributed by atoms with Crippen LogP contribution in [0.4, 0.5) is 5.69 Å². The van der Waals surface area contributed by atoms with Gasteiger partial charge in [0.05, 0.1) is 17.7 Å². The van der Waals surface area contributed by atoms with Gasteiger partial charge in [-0.2, -0.15) is 0 Å². The first-order valence-electron chi connectivity index (χ1n) is 3.97. The molecule has 0 bridgehead atoms. The van der Waals surface area contributed by atoms with Crippen LogP contribution in [0.25, 0.3) is 0 Å². The number of benzene rings is 1. The van der Waals surface area contributed by atoms with Gasteiger partial charge >= 0.3 is 5.97 Å². The summed E-state index contributed by atoms with van der Waals surface area (Å²) in [5, 5.41) is 8.83. The van der Waals surface area contributed by atoms with Crippen LogP contribution in [0.15, 0.2) is 18.2 Å². The van der Waals surface area contributed by atoms with E-state index in [-0.39, 0.29) is 12.1 Å². The molecule has 4 heteroatoms. The Hall–Kier alpha value is -1.99. The summed E-state index contributed by atoms with van der Waals surface area (Å²) in [6, 6.07) is 4.64. The maximum Gasteiger partial charge on any atom is 0.337 e. The van der Waals surface area contributed by atoms with E-state index in [0.717, 1.165) is 0 Å². The van der Waals surface area contributed by atoms with Gasteiger partial charge in [-0.25, -0.2) is 4.79 Å². The summed E-state index contributed by atoms with van der Waals surface area (Å²) in [7, 11) is 0. The van der Waals surface area contributed by atoms with Crippen molar-refractivity contribution in [2.24, 2.45) is 5.73 Å². The zero-order valence-corrected chi connectivity index (χ0v) is 7.45. The molecular formula is C10H10N2O2. The fourth-order valence-corrected chi connectivity index (χ4v) is 1.03. The van der Waals surface area contributed by atoms with Gasteiger partial charge in [0.1, 0.15) is 0 Å². The maximum atomic E-state index is 10.8. The predicted molar refractivity (Wildman–Crippen MR) is 53.7 cm³/mol. The molecule has 0 fully saturated rings. The molecule has 0 saturated heterocycles. The minimum Gasteiger partial charge on any atom is -0.478 e. The van der Waals surface area contributed by atoms with E-state index >= 15 is 0 Å². The van der Waals surface area contributed by atoms with Crippen LogP contribution in [0.2, 0.25) is 0 Å². The van der Waals surface area contributed by atoms with Crippen molar-refractivity contribution in [3.63, 3.8) is 0 Å². The molecule has 0 spiro atoms. The van der Waals surface area contributed by atoms with Crippen LogP contribution in [0.1, 0.15) is 15.9 Å². The van der Waals surface area contributed by atoms with Crippen molar-refractivity contribution in [2.45, 2.75) is 0 Å². The zero-order chi connectivity index (χ0) is 10.6. The molecule has 0 aliphatic carbocycles. The standard InChI is InChI=1S/C10H10N2O2/c11-6-2-4-7-8(10(13)14)3-1-5-9(7)12/h1,3,5H,6,11-12H2,(H,13,14). The average Bonchev–Trinajstić information content (AvgIpc) is 2.15. The number of aromatic carboxylic acids is 1. The van der Waals surface area contributed by atoms with Gasteiger partial charge < -0.3 is 16.6 Å². The van der Waals surface area contributed by atoms with E-state index < -0.39 is 5.97 Å². The molecule has 0 heterocycles. The molecule has 1 aromatic carbocycles. The minimum atomic E-state index is -1.04. The summed E-state index contributed by atoms with van der Waals surface area (Å²) in [5.74, 6) is 4.17. The van der Waals surface area contributed by atoms with Crippen LogP contribution in [0.5, 0.6) is 0 Å². The van der Waals surface area contributed by atoms with E-state index in [2.05, 4.69) is 11.8 Å². The SMILES string of the molecule is NCC#Cc1c(N)cccc1C(=O)O. The van der Waals surface area contributed by atoms with E-state index in [1.54, 1.807) is 12.1 Å². The van der Waals surface area contributed by atoms with Crippen LogP contribution in [-0.2, 0) is 0 Å². The average molecular weight is 190 g/mol. The van der Waals surface area contributed by atoms with E-state index in [1.165, 1.54) is 6.07 Å². The number of nitrogen functional groups attached to an aromatic ring is 1. The highest BCUT2D eigenvalue weighted by Crippen LogP contribution is 2.15. The van der Waals surface area contributed by atoms with E-state index in [1.807, 2.05) is 0 Å². The van der Waals surface area contributed by atoms with Crippen molar-refractivity contribution in [2.75, 3.05) is 12.3 Å². The van der Waals surface area contributed by atoms with E-state index in [9.17, 15) is 4.79 Å². The second kappa shape index (κ2) is 4.30. The molecular weight excluding hydrogens is 180 g/mol. The Kier molecular flexibility index (Phi) is 3.10. The van der Waals surface area contributed by atoms with Gasteiger partial charge in [-0.3, -0.25) is 0 Å². The number of nitrogens with two attached hydrogens (primary N) is 2. The summed E-state index contributed by atoms with van der Waals surface area (Å²) < 4.78 is 0. The van der Waals surface area contributed by atoms with Crippen LogP contribution in [-0.4, -0.2) is 17.6 Å². The first-order valence-corrected chi connectivity index (χ1v) is 3.97. The summed E-state index contributed by atoms with van der Waals surface area (Å²) >= 11 is 0. The zero-order valence-electron chi connectivity index (χ0n) is 7.45. The number of rotatable bonds is 1. The van der Waals surface area contributed by atoms with E-state index in [0.29, 0.717) is 11.3 Å². The molecule has 1 aromatic rings. The van der Waals surface area contributed by atoms with Crippen LogP contribution in [0, 0.1) is 11.8 Å². The second-order valence-corrected chi connectivity index (χ2v) is 2.58. The summed E-state index contributed by atoms with van der Waals surface area (Å²) in [5.41, 5.74) is 11.6. The summed E-state index contributed by atoms with van der Waals surface area (Å²) in [4.78, 5) is 10.8. The third-order valence-electron chi connectivity index (χ3n) is 1.64. The molecule has 5 N–H and O–H groups in total. The monoisotopic (exact) mass is 190 g/mol. The Bertz CT molecular complexity index is 416. The van der Waals surface area contributed by atoms with Crippen molar-refractivity contribution in [3.8, 4) is 11.8 Å². The lowest BCUT2D eigenvalue weighted by Gasteiger charge is -2.01. The molecule has 0 aliphatic rings. The number of hydrogen-bond donors (Lipinski definition) is 3. The first kappa shape index (κ1) is 10.1. The smallest absolute Gasteiger partial charge is 0.337 e. The Balaban J connectivity index is 3.29. The lowest BCUT2D eigenvalue weighted by molar-refractivity contribution is 0.0696. The quantitative estimate of drug-likeness (QED) is 0.438. The van der Waals surface area contributed by atoms with Crippen molar-refractivity contribution >= 4 is 11.7 Å². The van der Waals surface area contributed by atoms with Crippen molar-refractivity contribution in [1.82, 2.24) is 0 Å². The predicted octanol–water partition coefficient (Wildman–Crippen LogP) is 0.277. The molecule has 72 valence electrons. The van der Waals surface area contributed by atoms with Gasteiger partial charge in [-0.1, -0.05) is 17.9 Å². The topological polar surface area (TPSA) is 89.3 Å². The van der Waals surface area contributed by atoms with Crippen molar-refractivity contribution in [3.05, 3.63) is 29.3 Å². The number of anilines is 1. The molecule has 0 atom stereocenters. The third kappa shape index (κ3) is 2.03. The van der Waals surface area contributed by atoms with Gasteiger partial charge in [-0.15, -0.1) is 0 Å². The van der Waals surface area contributed by atoms with Gasteiger partial charge in [0.15, 0.2) is 0 Å². The maximum absolute atomic E-state index is 10.8. The second-order valence-electron chi connectivity index (χ2n) is 2.58. The molecule has 0 saturated carbocycles. The molecule has 0 aromatic heterocycles. The summed E-state index contributed by atoms with van der Waals surface area (Å²) in [6.07, 6.45) is 0. The molecule has 0 aliphatic heterocycles. The van der Waals surface area contributed by atoms with E-state index in [4.69, 9.17) is 16.6 Å². The minimum absolute atomic E-state index is 0.103. The molecule has 0 radical (unpaired) electrons. The van der Waals surface area contributed by atoms with Crippen molar-refractivity contribution in [1.29, 1.82) is 0 Å². The molecule has 14 heavy (non-hydrogen) atoms. The van der Waals surface area contributed by atoms with Gasteiger partial charge in [0, 0.05) is 5.69 Å². The first-order chi connectivity index (χ1) is 6.66. The fraction of sp³-hybridized carbons (Fsp3) is 0.100. The molecule has 4 nitrogen and oxygen atoms in total. The molecule has 0 unspecified atom stereocenters. The van der Waals surface area contributed by atoms with Gasteiger partial charge in [0.2, 0.25) is 0 Å². The van der Waals surface area contributed by atoms with Gasteiger partial charge in [-0.05, 0) is 12.1 Å². The highest BCUT2D eigenvalue weighted by Gasteiger charge is 2.09. The molecule has 0 amide bonds.